The maximum atomic E-state index is 11.9. The average molecular weight is 365 g/mol. The van der Waals surface area contributed by atoms with Crippen LogP contribution in [0, 0.1) is 0 Å². The van der Waals surface area contributed by atoms with Crippen LogP contribution >= 0.6 is 11.8 Å². The van der Waals surface area contributed by atoms with E-state index in [0.29, 0.717) is 32.7 Å². The van der Waals surface area contributed by atoms with E-state index in [1.54, 1.807) is 6.33 Å². The van der Waals surface area contributed by atoms with Gasteiger partial charge in [-0.25, -0.2) is 0 Å². The Morgan fingerprint density at radius 3 is 3.12 bits per heavy atom. The van der Waals surface area contributed by atoms with Crippen LogP contribution in [0.3, 0.4) is 0 Å². The first-order valence-electron chi connectivity index (χ1n) is 8.34. The number of hydrogen-bond donors (Lipinski definition) is 1. The SMILES string of the molecule is CCNC(=O)C[C@H]1COCCN1Cc1ccc(Sc2nncn2C)o1. The van der Waals surface area contributed by atoms with E-state index < -0.39 is 0 Å². The van der Waals surface area contributed by atoms with Crippen molar-refractivity contribution in [3.8, 4) is 0 Å². The van der Waals surface area contributed by atoms with Gasteiger partial charge in [-0.1, -0.05) is 0 Å². The Kier molecular flexibility index (Phi) is 6.11. The van der Waals surface area contributed by atoms with Crippen LogP contribution in [0.4, 0.5) is 0 Å². The van der Waals surface area contributed by atoms with Gasteiger partial charge in [-0.15, -0.1) is 10.2 Å². The molecule has 0 bridgehead atoms. The van der Waals surface area contributed by atoms with Crippen LogP contribution in [0.5, 0.6) is 0 Å². The van der Waals surface area contributed by atoms with Crippen molar-refractivity contribution in [3.63, 3.8) is 0 Å². The molecule has 1 N–H and O–H groups in total. The van der Waals surface area contributed by atoms with Gasteiger partial charge in [-0.05, 0) is 30.8 Å². The Labute approximate surface area is 150 Å². The first kappa shape index (κ1) is 18.0. The van der Waals surface area contributed by atoms with Crippen LogP contribution in [0.25, 0.3) is 0 Å². The predicted molar refractivity (Wildman–Crippen MR) is 92.2 cm³/mol. The van der Waals surface area contributed by atoms with Gasteiger partial charge in [0.25, 0.3) is 0 Å². The summed E-state index contributed by atoms with van der Waals surface area (Å²) in [5.41, 5.74) is 0. The van der Waals surface area contributed by atoms with Crippen molar-refractivity contribution < 1.29 is 13.9 Å². The van der Waals surface area contributed by atoms with Crippen molar-refractivity contribution in [1.29, 1.82) is 0 Å². The molecule has 0 spiro atoms. The first-order chi connectivity index (χ1) is 12.2. The maximum Gasteiger partial charge on any atom is 0.221 e. The molecule has 1 aliphatic heterocycles. The number of morpholine rings is 1. The standard InChI is InChI=1S/C16H23N5O3S/c1-3-17-14(22)8-12-10-23-7-6-21(12)9-13-4-5-15(24-13)25-16-19-18-11-20(16)2/h4-5,11-12H,3,6-10H2,1-2H3,(H,17,22)/t12-/m0/s1. The number of nitrogens with one attached hydrogen (secondary N) is 1. The van der Waals surface area contributed by atoms with Crippen LogP contribution in [0.2, 0.25) is 0 Å². The van der Waals surface area contributed by atoms with Gasteiger partial charge in [-0.2, -0.15) is 0 Å². The number of carbonyl (C=O) groups is 1. The fourth-order valence-electron chi connectivity index (χ4n) is 2.72. The zero-order valence-corrected chi connectivity index (χ0v) is 15.3. The summed E-state index contributed by atoms with van der Waals surface area (Å²) >= 11 is 1.44. The van der Waals surface area contributed by atoms with E-state index in [2.05, 4.69) is 20.4 Å². The van der Waals surface area contributed by atoms with Crippen molar-refractivity contribution in [2.75, 3.05) is 26.3 Å². The molecular weight excluding hydrogens is 342 g/mol. The van der Waals surface area contributed by atoms with Gasteiger partial charge in [0, 0.05) is 32.6 Å². The summed E-state index contributed by atoms with van der Waals surface area (Å²) in [4.78, 5) is 14.1. The predicted octanol–water partition coefficient (Wildman–Crippen LogP) is 1.29. The zero-order chi connectivity index (χ0) is 17.6. The van der Waals surface area contributed by atoms with Gasteiger partial charge in [0.15, 0.2) is 10.2 Å². The second-order valence-corrected chi connectivity index (χ2v) is 6.88. The molecule has 2 aromatic rings. The number of hydrogen-bond acceptors (Lipinski definition) is 7. The number of ether oxygens (including phenoxy) is 1. The Morgan fingerprint density at radius 2 is 2.36 bits per heavy atom. The minimum atomic E-state index is 0.0565. The lowest BCUT2D eigenvalue weighted by Gasteiger charge is -2.34. The summed E-state index contributed by atoms with van der Waals surface area (Å²) in [6.45, 7) is 5.26. The van der Waals surface area contributed by atoms with Gasteiger partial charge >= 0.3 is 0 Å². The highest BCUT2D eigenvalue weighted by atomic mass is 32.2. The Balaban J connectivity index is 1.60. The summed E-state index contributed by atoms with van der Waals surface area (Å²) in [5.74, 6) is 0.924. The van der Waals surface area contributed by atoms with Gasteiger partial charge in [0.05, 0.1) is 19.8 Å². The molecule has 0 aromatic carbocycles. The third kappa shape index (κ3) is 4.83. The fraction of sp³-hybridized carbons (Fsp3) is 0.562. The number of carbonyl (C=O) groups excluding carboxylic acids is 1. The third-order valence-corrected chi connectivity index (χ3v) is 4.97. The summed E-state index contributed by atoms with van der Waals surface area (Å²) in [6, 6.07) is 3.98. The van der Waals surface area contributed by atoms with Gasteiger partial charge in [0.2, 0.25) is 5.91 Å². The Morgan fingerprint density at radius 1 is 1.48 bits per heavy atom. The normalized spacial score (nSPS) is 18.4. The highest BCUT2D eigenvalue weighted by Gasteiger charge is 2.26. The van der Waals surface area contributed by atoms with Crippen molar-refractivity contribution in [3.05, 3.63) is 24.2 Å². The molecule has 136 valence electrons. The largest absolute Gasteiger partial charge is 0.453 e. The van der Waals surface area contributed by atoms with E-state index in [9.17, 15) is 4.79 Å². The van der Waals surface area contributed by atoms with Crippen molar-refractivity contribution >= 4 is 17.7 Å². The molecule has 3 rings (SSSR count). The molecule has 25 heavy (non-hydrogen) atoms. The summed E-state index contributed by atoms with van der Waals surface area (Å²) < 4.78 is 13.3. The molecule has 0 radical (unpaired) electrons. The number of nitrogens with zero attached hydrogens (tertiary/aromatic N) is 4. The fourth-order valence-corrected chi connectivity index (χ4v) is 3.47. The second-order valence-electron chi connectivity index (χ2n) is 5.90. The molecule has 1 aliphatic rings. The summed E-state index contributed by atoms with van der Waals surface area (Å²) in [6.07, 6.45) is 2.10. The van der Waals surface area contributed by atoms with E-state index >= 15 is 0 Å². The van der Waals surface area contributed by atoms with Gasteiger partial charge < -0.3 is 19.0 Å². The van der Waals surface area contributed by atoms with Crippen LogP contribution in [0.1, 0.15) is 19.1 Å². The second kappa shape index (κ2) is 8.50. The minimum Gasteiger partial charge on any atom is -0.453 e. The van der Waals surface area contributed by atoms with Crippen LogP contribution < -0.4 is 5.32 Å². The number of amides is 1. The van der Waals surface area contributed by atoms with Crippen LogP contribution in [-0.2, 0) is 23.1 Å². The van der Waals surface area contributed by atoms with E-state index in [1.807, 2.05) is 30.7 Å². The monoisotopic (exact) mass is 365 g/mol. The Hall–Kier alpha value is -1.84. The minimum absolute atomic E-state index is 0.0565. The molecule has 0 saturated carbocycles. The number of furan rings is 1. The lowest BCUT2D eigenvalue weighted by Crippen LogP contribution is -2.47. The van der Waals surface area contributed by atoms with Crippen molar-refractivity contribution in [2.24, 2.45) is 7.05 Å². The quantitative estimate of drug-likeness (QED) is 0.791. The molecular formula is C16H23N5O3S. The van der Waals surface area contributed by atoms with Crippen LogP contribution in [0.15, 0.2) is 33.1 Å². The third-order valence-electron chi connectivity index (χ3n) is 4.00. The smallest absolute Gasteiger partial charge is 0.221 e. The summed E-state index contributed by atoms with van der Waals surface area (Å²) in [7, 11) is 1.89. The molecule has 1 saturated heterocycles. The Bertz CT molecular complexity index is 702. The van der Waals surface area contributed by atoms with E-state index in [0.717, 1.165) is 22.6 Å². The maximum absolute atomic E-state index is 11.9. The van der Waals surface area contributed by atoms with E-state index in [4.69, 9.17) is 9.15 Å². The van der Waals surface area contributed by atoms with Gasteiger partial charge in [-0.3, -0.25) is 9.69 Å². The molecule has 9 heteroatoms. The number of aromatic nitrogens is 3. The molecule has 0 unspecified atom stereocenters. The molecule has 8 nitrogen and oxygen atoms in total. The molecule has 1 amide bonds. The topological polar surface area (TPSA) is 85.4 Å². The average Bonchev–Trinajstić information content (AvgIpc) is 3.19. The molecule has 1 atom stereocenters. The molecule has 0 aliphatic carbocycles. The number of aryl methyl sites for hydroxylation is 1. The van der Waals surface area contributed by atoms with Crippen molar-refractivity contribution in [1.82, 2.24) is 25.0 Å². The van der Waals surface area contributed by atoms with E-state index in [1.165, 1.54) is 11.8 Å². The molecule has 3 heterocycles. The lowest BCUT2D eigenvalue weighted by molar-refractivity contribution is -0.124. The van der Waals surface area contributed by atoms with Crippen molar-refractivity contribution in [2.45, 2.75) is 36.2 Å². The zero-order valence-electron chi connectivity index (χ0n) is 14.5. The lowest BCUT2D eigenvalue weighted by atomic mass is 10.1. The first-order valence-corrected chi connectivity index (χ1v) is 9.16. The van der Waals surface area contributed by atoms with Crippen LogP contribution in [-0.4, -0.2) is 57.9 Å². The summed E-state index contributed by atoms with van der Waals surface area (Å²) in [5, 5.41) is 12.3. The highest BCUT2D eigenvalue weighted by molar-refractivity contribution is 7.99. The van der Waals surface area contributed by atoms with Gasteiger partial charge in [0.1, 0.15) is 12.1 Å². The number of rotatable bonds is 7. The van der Waals surface area contributed by atoms with E-state index in [-0.39, 0.29) is 11.9 Å². The highest BCUT2D eigenvalue weighted by Crippen LogP contribution is 2.28. The molecule has 1 fully saturated rings. The molecule has 2 aromatic heterocycles.